The highest BCUT2D eigenvalue weighted by atomic mass is 35.5. The van der Waals surface area contributed by atoms with Crippen LogP contribution in [0.4, 0.5) is 0 Å². The summed E-state index contributed by atoms with van der Waals surface area (Å²) in [6.07, 6.45) is 4.76. The molecule has 2 rings (SSSR count). The lowest BCUT2D eigenvalue weighted by molar-refractivity contribution is 0.0935. The maximum Gasteiger partial charge on any atom is 0.255 e. The van der Waals surface area contributed by atoms with Crippen molar-refractivity contribution in [3.63, 3.8) is 0 Å². The Kier molecular flexibility index (Phi) is 8.25. The number of benzene rings is 1. The summed E-state index contributed by atoms with van der Waals surface area (Å²) in [4.78, 5) is 12.5. The molecule has 0 saturated carbocycles. The lowest BCUT2D eigenvalue weighted by Gasteiger charge is -2.16. The van der Waals surface area contributed by atoms with Crippen LogP contribution in [0.15, 0.2) is 30.5 Å². The van der Waals surface area contributed by atoms with Crippen molar-refractivity contribution in [2.24, 2.45) is 5.73 Å². The second-order valence-corrected chi connectivity index (χ2v) is 6.03. The number of nitrogens with zero attached hydrogens (tertiary/aromatic N) is 2. The van der Waals surface area contributed by atoms with Gasteiger partial charge in [-0.05, 0) is 37.6 Å². The van der Waals surface area contributed by atoms with Gasteiger partial charge in [-0.15, -0.1) is 12.4 Å². The third-order valence-electron chi connectivity index (χ3n) is 3.76. The van der Waals surface area contributed by atoms with Crippen LogP contribution in [-0.2, 0) is 0 Å². The molecule has 1 heterocycles. The SMILES string of the molecule is CCCCC(CN)NC(=O)c1cn(-c2ccc(Cl)cc2)nc1C.Cl. The summed E-state index contributed by atoms with van der Waals surface area (Å²) >= 11 is 5.90. The standard InChI is InChI=1S/C17H23ClN4O.ClH/c1-3-4-5-14(10-19)20-17(23)16-11-22(21-12(16)2)15-8-6-13(18)7-9-15;/h6-9,11,14H,3-5,10,19H2,1-2H3,(H,20,23);1H. The van der Waals surface area contributed by atoms with Crippen molar-refractivity contribution >= 4 is 29.9 Å². The van der Waals surface area contributed by atoms with Crippen LogP contribution < -0.4 is 11.1 Å². The molecule has 1 aromatic heterocycles. The molecule has 0 saturated heterocycles. The number of rotatable bonds is 7. The summed E-state index contributed by atoms with van der Waals surface area (Å²) in [7, 11) is 0. The zero-order chi connectivity index (χ0) is 16.8. The summed E-state index contributed by atoms with van der Waals surface area (Å²) in [5, 5.41) is 8.07. The zero-order valence-electron chi connectivity index (χ0n) is 14.0. The summed E-state index contributed by atoms with van der Waals surface area (Å²) in [5.41, 5.74) is 7.85. The van der Waals surface area contributed by atoms with E-state index in [9.17, 15) is 4.79 Å². The van der Waals surface area contributed by atoms with Crippen LogP contribution in [0.5, 0.6) is 0 Å². The van der Waals surface area contributed by atoms with Crippen LogP contribution in [-0.4, -0.2) is 28.3 Å². The average molecular weight is 371 g/mol. The molecular formula is C17H24Cl2N4O. The van der Waals surface area contributed by atoms with Gasteiger partial charge in [0.1, 0.15) is 0 Å². The molecule has 1 atom stereocenters. The Balaban J connectivity index is 0.00000288. The fourth-order valence-electron chi connectivity index (χ4n) is 2.37. The Morgan fingerprint density at radius 1 is 1.38 bits per heavy atom. The van der Waals surface area contributed by atoms with E-state index >= 15 is 0 Å². The van der Waals surface area contributed by atoms with Gasteiger partial charge in [0.15, 0.2) is 0 Å². The number of carbonyl (C=O) groups excluding carboxylic acids is 1. The maximum atomic E-state index is 12.5. The van der Waals surface area contributed by atoms with E-state index in [1.54, 1.807) is 23.0 Å². The van der Waals surface area contributed by atoms with E-state index in [0.29, 0.717) is 22.8 Å². The Labute approximate surface area is 154 Å². The van der Waals surface area contributed by atoms with Crippen LogP contribution in [0.25, 0.3) is 5.69 Å². The van der Waals surface area contributed by atoms with Gasteiger partial charge < -0.3 is 11.1 Å². The molecule has 1 unspecified atom stereocenters. The predicted molar refractivity (Wildman–Crippen MR) is 100 cm³/mol. The van der Waals surface area contributed by atoms with Crippen LogP contribution in [0.2, 0.25) is 5.02 Å². The number of nitrogens with one attached hydrogen (secondary N) is 1. The number of nitrogens with two attached hydrogens (primary N) is 1. The third kappa shape index (κ3) is 5.23. The van der Waals surface area contributed by atoms with E-state index < -0.39 is 0 Å². The van der Waals surface area contributed by atoms with E-state index in [2.05, 4.69) is 17.3 Å². The van der Waals surface area contributed by atoms with Gasteiger partial charge in [-0.3, -0.25) is 4.79 Å². The Hall–Kier alpha value is -1.56. The molecule has 2 aromatic rings. The number of amides is 1. The lowest BCUT2D eigenvalue weighted by atomic mass is 10.1. The van der Waals surface area contributed by atoms with Gasteiger partial charge in [-0.1, -0.05) is 31.4 Å². The maximum absolute atomic E-state index is 12.5. The summed E-state index contributed by atoms with van der Waals surface area (Å²) in [5.74, 6) is -0.130. The van der Waals surface area contributed by atoms with Gasteiger partial charge in [0.25, 0.3) is 5.91 Å². The summed E-state index contributed by atoms with van der Waals surface area (Å²) in [6, 6.07) is 7.31. The second kappa shape index (κ2) is 9.67. The number of aromatic nitrogens is 2. The van der Waals surface area contributed by atoms with Crippen molar-refractivity contribution in [1.82, 2.24) is 15.1 Å². The highest BCUT2D eigenvalue weighted by Crippen LogP contribution is 2.15. The number of carbonyl (C=O) groups is 1. The van der Waals surface area contributed by atoms with Gasteiger partial charge in [0, 0.05) is 23.8 Å². The van der Waals surface area contributed by atoms with Gasteiger partial charge in [0.2, 0.25) is 0 Å². The molecule has 0 spiro atoms. The molecule has 0 radical (unpaired) electrons. The first-order valence-electron chi connectivity index (χ1n) is 7.88. The molecule has 0 aliphatic carbocycles. The van der Waals surface area contributed by atoms with E-state index in [4.69, 9.17) is 17.3 Å². The van der Waals surface area contributed by atoms with Crippen molar-refractivity contribution in [3.05, 3.63) is 46.7 Å². The van der Waals surface area contributed by atoms with Gasteiger partial charge in [-0.2, -0.15) is 5.10 Å². The first kappa shape index (κ1) is 20.5. The smallest absolute Gasteiger partial charge is 0.255 e. The summed E-state index contributed by atoms with van der Waals surface area (Å²) in [6.45, 7) is 4.39. The second-order valence-electron chi connectivity index (χ2n) is 5.60. The predicted octanol–water partition coefficient (Wildman–Crippen LogP) is 3.50. The minimum atomic E-state index is -0.130. The first-order chi connectivity index (χ1) is 11.0. The quantitative estimate of drug-likeness (QED) is 0.782. The van der Waals surface area contributed by atoms with Crippen molar-refractivity contribution < 1.29 is 4.79 Å². The molecule has 132 valence electrons. The first-order valence-corrected chi connectivity index (χ1v) is 8.26. The van der Waals surface area contributed by atoms with E-state index in [1.165, 1.54) is 0 Å². The fourth-order valence-corrected chi connectivity index (χ4v) is 2.50. The minimum absolute atomic E-state index is 0. The van der Waals surface area contributed by atoms with Crippen molar-refractivity contribution in [1.29, 1.82) is 0 Å². The number of hydrogen-bond donors (Lipinski definition) is 2. The Bertz CT molecular complexity index is 655. The molecule has 24 heavy (non-hydrogen) atoms. The van der Waals surface area contributed by atoms with Gasteiger partial charge in [-0.25, -0.2) is 4.68 Å². The largest absolute Gasteiger partial charge is 0.348 e. The van der Waals surface area contributed by atoms with Crippen molar-refractivity contribution in [2.45, 2.75) is 39.2 Å². The highest BCUT2D eigenvalue weighted by Gasteiger charge is 2.17. The Morgan fingerprint density at radius 3 is 2.62 bits per heavy atom. The number of hydrogen-bond acceptors (Lipinski definition) is 3. The molecule has 0 bridgehead atoms. The van der Waals surface area contributed by atoms with Crippen molar-refractivity contribution in [3.8, 4) is 5.69 Å². The van der Waals surface area contributed by atoms with Crippen molar-refractivity contribution in [2.75, 3.05) is 6.54 Å². The van der Waals surface area contributed by atoms with Gasteiger partial charge in [0.05, 0.1) is 16.9 Å². The fraction of sp³-hybridized carbons (Fsp3) is 0.412. The molecule has 0 fully saturated rings. The molecule has 3 N–H and O–H groups in total. The average Bonchev–Trinajstić information content (AvgIpc) is 2.94. The topological polar surface area (TPSA) is 72.9 Å². The molecule has 0 aliphatic heterocycles. The molecule has 0 aliphatic rings. The number of aryl methyl sites for hydroxylation is 1. The van der Waals surface area contributed by atoms with Crippen LogP contribution in [0, 0.1) is 6.92 Å². The summed E-state index contributed by atoms with van der Waals surface area (Å²) < 4.78 is 1.68. The minimum Gasteiger partial charge on any atom is -0.348 e. The van der Waals surface area contributed by atoms with E-state index in [-0.39, 0.29) is 24.4 Å². The van der Waals surface area contributed by atoms with E-state index in [1.807, 2.05) is 19.1 Å². The van der Waals surface area contributed by atoms with Gasteiger partial charge >= 0.3 is 0 Å². The van der Waals surface area contributed by atoms with Crippen LogP contribution in [0.1, 0.15) is 42.2 Å². The zero-order valence-corrected chi connectivity index (χ0v) is 15.5. The molecule has 1 amide bonds. The van der Waals surface area contributed by atoms with Crippen LogP contribution >= 0.6 is 24.0 Å². The number of unbranched alkanes of at least 4 members (excludes halogenated alkanes) is 1. The monoisotopic (exact) mass is 370 g/mol. The Morgan fingerprint density at radius 2 is 2.04 bits per heavy atom. The molecule has 1 aromatic carbocycles. The lowest BCUT2D eigenvalue weighted by Crippen LogP contribution is -2.40. The van der Waals surface area contributed by atoms with E-state index in [0.717, 1.165) is 24.9 Å². The number of halogens is 2. The molecule has 5 nitrogen and oxygen atoms in total. The highest BCUT2D eigenvalue weighted by molar-refractivity contribution is 6.30. The third-order valence-corrected chi connectivity index (χ3v) is 4.01. The van der Waals surface area contributed by atoms with Crippen LogP contribution in [0.3, 0.4) is 0 Å². The molecular weight excluding hydrogens is 347 g/mol. The molecule has 7 heteroatoms. The normalized spacial score (nSPS) is 11.7.